The molecule has 0 saturated carbocycles. The number of halogens is 1. The number of hydrogen-bond donors (Lipinski definition) is 3. The van der Waals surface area contributed by atoms with Gasteiger partial charge in [0.2, 0.25) is 5.95 Å². The van der Waals surface area contributed by atoms with E-state index in [1.807, 2.05) is 19.1 Å². The van der Waals surface area contributed by atoms with E-state index in [4.69, 9.17) is 11.6 Å². The van der Waals surface area contributed by atoms with Crippen LogP contribution in [0.15, 0.2) is 54.6 Å². The number of anilines is 4. The van der Waals surface area contributed by atoms with Crippen LogP contribution < -0.4 is 10.6 Å². The van der Waals surface area contributed by atoms with Crippen LogP contribution in [0.2, 0.25) is 5.02 Å². The van der Waals surface area contributed by atoms with Gasteiger partial charge in [0.25, 0.3) is 0 Å². The molecule has 0 amide bonds. The van der Waals surface area contributed by atoms with Crippen molar-refractivity contribution in [3.05, 3.63) is 70.9 Å². The molecule has 0 unspecified atom stereocenters. The van der Waals surface area contributed by atoms with Gasteiger partial charge in [-0.25, -0.2) is 9.78 Å². The first-order chi connectivity index (χ1) is 12.0. The zero-order valence-corrected chi connectivity index (χ0v) is 14.1. The van der Waals surface area contributed by atoms with Gasteiger partial charge in [-0.15, -0.1) is 0 Å². The number of aryl methyl sites for hydroxylation is 1. The van der Waals surface area contributed by atoms with Gasteiger partial charge < -0.3 is 15.7 Å². The fourth-order valence-electron chi connectivity index (χ4n) is 2.27. The van der Waals surface area contributed by atoms with E-state index >= 15 is 0 Å². The van der Waals surface area contributed by atoms with Gasteiger partial charge in [-0.1, -0.05) is 23.7 Å². The average molecular weight is 355 g/mol. The molecular formula is C18H15ClN4O2. The summed E-state index contributed by atoms with van der Waals surface area (Å²) in [5, 5.41) is 16.1. The summed E-state index contributed by atoms with van der Waals surface area (Å²) in [4.78, 5) is 20.0. The number of para-hydroxylation sites is 1. The summed E-state index contributed by atoms with van der Waals surface area (Å²) in [7, 11) is 0. The van der Waals surface area contributed by atoms with Crippen molar-refractivity contribution >= 4 is 40.7 Å². The zero-order valence-electron chi connectivity index (χ0n) is 13.3. The highest BCUT2D eigenvalue weighted by atomic mass is 35.5. The third-order valence-corrected chi connectivity index (χ3v) is 3.63. The molecule has 7 heteroatoms. The predicted molar refractivity (Wildman–Crippen MR) is 98.2 cm³/mol. The molecule has 0 aliphatic rings. The number of nitrogens with zero attached hydrogens (tertiary/aromatic N) is 2. The first-order valence-corrected chi connectivity index (χ1v) is 7.87. The third kappa shape index (κ3) is 4.24. The topological polar surface area (TPSA) is 87.1 Å². The maximum Gasteiger partial charge on any atom is 0.337 e. The summed E-state index contributed by atoms with van der Waals surface area (Å²) in [6.07, 6.45) is 0. The average Bonchev–Trinajstić information content (AvgIpc) is 2.57. The molecule has 3 rings (SSSR count). The van der Waals surface area contributed by atoms with Gasteiger partial charge in [-0.05, 0) is 43.3 Å². The van der Waals surface area contributed by atoms with Crippen molar-refractivity contribution in [2.24, 2.45) is 0 Å². The van der Waals surface area contributed by atoms with Crippen LogP contribution in [0.3, 0.4) is 0 Å². The highest BCUT2D eigenvalue weighted by Gasteiger charge is 2.10. The standard InChI is InChI=1S/C18H15ClN4O2/c1-11-10-16(22-15-5-3-2-4-14(15)17(24)25)23-18(20-11)21-13-8-6-12(19)7-9-13/h2-10H,1H3,(H,24,25)(H2,20,21,22,23). The summed E-state index contributed by atoms with van der Waals surface area (Å²) in [5.74, 6) is -0.108. The molecule has 25 heavy (non-hydrogen) atoms. The Morgan fingerprint density at radius 1 is 1.04 bits per heavy atom. The maximum absolute atomic E-state index is 11.3. The number of carboxylic acid groups (broad SMARTS) is 1. The van der Waals surface area contributed by atoms with Crippen molar-refractivity contribution in [2.45, 2.75) is 6.92 Å². The highest BCUT2D eigenvalue weighted by molar-refractivity contribution is 6.30. The number of aromatic nitrogens is 2. The fraction of sp³-hybridized carbons (Fsp3) is 0.0556. The normalized spacial score (nSPS) is 10.3. The van der Waals surface area contributed by atoms with E-state index < -0.39 is 5.97 Å². The van der Waals surface area contributed by atoms with Crippen molar-refractivity contribution in [2.75, 3.05) is 10.6 Å². The highest BCUT2D eigenvalue weighted by Crippen LogP contribution is 2.22. The first-order valence-electron chi connectivity index (χ1n) is 7.49. The van der Waals surface area contributed by atoms with Crippen LogP contribution in [-0.4, -0.2) is 21.0 Å². The Balaban J connectivity index is 1.87. The van der Waals surface area contributed by atoms with E-state index in [0.717, 1.165) is 11.4 Å². The van der Waals surface area contributed by atoms with E-state index in [2.05, 4.69) is 20.6 Å². The lowest BCUT2D eigenvalue weighted by molar-refractivity contribution is 0.0698. The third-order valence-electron chi connectivity index (χ3n) is 3.37. The maximum atomic E-state index is 11.3. The molecule has 0 aliphatic heterocycles. The second-order valence-corrected chi connectivity index (χ2v) is 5.76. The Hall–Kier alpha value is -3.12. The van der Waals surface area contributed by atoms with Crippen molar-refractivity contribution in [3.8, 4) is 0 Å². The SMILES string of the molecule is Cc1cc(Nc2ccccc2C(=O)O)nc(Nc2ccc(Cl)cc2)n1. The van der Waals surface area contributed by atoms with Crippen LogP contribution in [-0.2, 0) is 0 Å². The minimum Gasteiger partial charge on any atom is -0.478 e. The molecule has 0 atom stereocenters. The molecule has 1 heterocycles. The summed E-state index contributed by atoms with van der Waals surface area (Å²) < 4.78 is 0. The van der Waals surface area contributed by atoms with Gasteiger partial charge in [-0.2, -0.15) is 4.98 Å². The molecule has 0 aliphatic carbocycles. The van der Waals surface area contributed by atoms with Crippen LogP contribution >= 0.6 is 11.6 Å². The first kappa shape index (κ1) is 16.7. The van der Waals surface area contributed by atoms with Gasteiger partial charge in [-0.3, -0.25) is 0 Å². The van der Waals surface area contributed by atoms with Gasteiger partial charge in [0.05, 0.1) is 11.3 Å². The Morgan fingerprint density at radius 3 is 2.48 bits per heavy atom. The number of carboxylic acids is 1. The molecule has 2 aromatic carbocycles. The number of aromatic carboxylic acids is 1. The van der Waals surface area contributed by atoms with Crippen LogP contribution in [0.5, 0.6) is 0 Å². The van der Waals surface area contributed by atoms with Gasteiger partial charge >= 0.3 is 5.97 Å². The smallest absolute Gasteiger partial charge is 0.337 e. The molecule has 0 spiro atoms. The zero-order chi connectivity index (χ0) is 17.8. The molecule has 6 nitrogen and oxygen atoms in total. The summed E-state index contributed by atoms with van der Waals surface area (Å²) >= 11 is 5.88. The number of rotatable bonds is 5. The second kappa shape index (κ2) is 7.19. The van der Waals surface area contributed by atoms with Crippen molar-refractivity contribution in [3.63, 3.8) is 0 Å². The number of carbonyl (C=O) groups is 1. The van der Waals surface area contributed by atoms with Crippen molar-refractivity contribution in [1.29, 1.82) is 0 Å². The van der Waals surface area contributed by atoms with Crippen LogP contribution in [0.4, 0.5) is 23.1 Å². The van der Waals surface area contributed by atoms with E-state index in [0.29, 0.717) is 22.5 Å². The van der Waals surface area contributed by atoms with Gasteiger partial charge in [0.15, 0.2) is 0 Å². The summed E-state index contributed by atoms with van der Waals surface area (Å²) in [6.45, 7) is 1.84. The van der Waals surface area contributed by atoms with E-state index in [9.17, 15) is 9.90 Å². The lowest BCUT2D eigenvalue weighted by atomic mass is 10.2. The lowest BCUT2D eigenvalue weighted by Gasteiger charge is -2.11. The predicted octanol–water partition coefficient (Wildman–Crippen LogP) is 4.62. The van der Waals surface area contributed by atoms with E-state index in [1.54, 1.807) is 36.4 Å². The molecular weight excluding hydrogens is 340 g/mol. The van der Waals surface area contributed by atoms with Crippen LogP contribution in [0, 0.1) is 6.92 Å². The molecule has 0 saturated heterocycles. The summed E-state index contributed by atoms with van der Waals surface area (Å²) in [6, 6.07) is 15.6. The Bertz CT molecular complexity index is 913. The lowest BCUT2D eigenvalue weighted by Crippen LogP contribution is -2.05. The number of benzene rings is 2. The van der Waals surface area contributed by atoms with Crippen molar-refractivity contribution in [1.82, 2.24) is 9.97 Å². The molecule has 126 valence electrons. The molecule has 0 bridgehead atoms. The molecule has 3 aromatic rings. The number of hydrogen-bond acceptors (Lipinski definition) is 5. The van der Waals surface area contributed by atoms with Crippen LogP contribution in [0.25, 0.3) is 0 Å². The molecule has 1 aromatic heterocycles. The molecule has 3 N–H and O–H groups in total. The molecule has 0 radical (unpaired) electrons. The second-order valence-electron chi connectivity index (χ2n) is 5.33. The van der Waals surface area contributed by atoms with E-state index in [-0.39, 0.29) is 5.56 Å². The quantitative estimate of drug-likeness (QED) is 0.619. The van der Waals surface area contributed by atoms with Crippen molar-refractivity contribution < 1.29 is 9.90 Å². The Labute approximate surface area is 149 Å². The number of nitrogens with one attached hydrogen (secondary N) is 2. The minimum absolute atomic E-state index is 0.172. The fourth-order valence-corrected chi connectivity index (χ4v) is 2.39. The van der Waals surface area contributed by atoms with Gasteiger partial charge in [0.1, 0.15) is 5.82 Å². The van der Waals surface area contributed by atoms with E-state index in [1.165, 1.54) is 6.07 Å². The van der Waals surface area contributed by atoms with Crippen LogP contribution in [0.1, 0.15) is 16.1 Å². The summed E-state index contributed by atoms with van der Waals surface area (Å²) in [5.41, 5.74) is 2.17. The Morgan fingerprint density at radius 2 is 1.76 bits per heavy atom. The minimum atomic E-state index is -1.01. The largest absolute Gasteiger partial charge is 0.478 e. The Kier molecular flexibility index (Phi) is 4.81. The van der Waals surface area contributed by atoms with Gasteiger partial charge in [0, 0.05) is 22.5 Å². The molecule has 0 fully saturated rings. The monoisotopic (exact) mass is 354 g/mol.